The highest BCUT2D eigenvalue weighted by Crippen LogP contribution is 2.25. The first-order valence-electron chi connectivity index (χ1n) is 7.40. The zero-order valence-electron chi connectivity index (χ0n) is 13.4. The Labute approximate surface area is 144 Å². The maximum atomic E-state index is 13.5. The molecular weight excluding hydrogens is 329 g/mol. The molecule has 1 heterocycles. The van der Waals surface area contributed by atoms with Gasteiger partial charge in [-0.15, -0.1) is 0 Å². The fourth-order valence-electron chi connectivity index (χ4n) is 2.08. The van der Waals surface area contributed by atoms with Crippen molar-refractivity contribution in [2.24, 2.45) is 0 Å². The summed E-state index contributed by atoms with van der Waals surface area (Å²) in [5, 5.41) is 5.08. The number of nitrogens with zero attached hydrogens (tertiary/aromatic N) is 1. The molecule has 7 heteroatoms. The number of carbonyl (C=O) groups excluding carboxylic acids is 2. The van der Waals surface area contributed by atoms with Gasteiger partial charge < -0.3 is 10.6 Å². The Balaban J connectivity index is 2.21. The molecule has 5 nitrogen and oxygen atoms in total. The summed E-state index contributed by atoms with van der Waals surface area (Å²) in [5.74, 6) is -1.17. The Morgan fingerprint density at radius 3 is 2.62 bits per heavy atom. The third kappa shape index (κ3) is 4.55. The van der Waals surface area contributed by atoms with Gasteiger partial charge in [-0.3, -0.25) is 14.6 Å². The summed E-state index contributed by atoms with van der Waals surface area (Å²) in [6.45, 7) is 1.90. The van der Waals surface area contributed by atoms with Crippen LogP contribution in [-0.2, 0) is 4.79 Å². The summed E-state index contributed by atoms with van der Waals surface area (Å²) in [6.07, 6.45) is 3.99. The van der Waals surface area contributed by atoms with Crippen LogP contribution in [0.25, 0.3) is 0 Å². The van der Waals surface area contributed by atoms with E-state index in [1.807, 2.05) is 13.2 Å². The summed E-state index contributed by atoms with van der Waals surface area (Å²) in [4.78, 5) is 28.4. The Hall–Kier alpha value is -2.41. The van der Waals surface area contributed by atoms with Gasteiger partial charge in [0.05, 0.1) is 16.6 Å². The van der Waals surface area contributed by atoms with Crippen molar-refractivity contribution >= 4 is 35.0 Å². The van der Waals surface area contributed by atoms with E-state index in [0.29, 0.717) is 12.1 Å². The Kier molecular flexibility index (Phi) is 6.31. The van der Waals surface area contributed by atoms with E-state index in [4.69, 9.17) is 0 Å². The second-order valence-electron chi connectivity index (χ2n) is 4.98. The SMILES string of the molecule is CC[C@@H](SC)C(=O)Nc1cc(F)ccc1NC(=O)c1ccccn1. The monoisotopic (exact) mass is 347 g/mol. The second kappa shape index (κ2) is 8.44. The standard InChI is InChI=1S/C17H18FN3O2S/c1-3-15(24-2)17(23)21-14-10-11(18)7-8-12(14)20-16(22)13-6-4-5-9-19-13/h4-10,15H,3H2,1-2H3,(H,20,22)(H,21,23)/t15-/m1/s1. The van der Waals surface area contributed by atoms with Crippen LogP contribution in [0.15, 0.2) is 42.6 Å². The summed E-state index contributed by atoms with van der Waals surface area (Å²) >= 11 is 1.41. The van der Waals surface area contributed by atoms with Gasteiger partial charge in [-0.05, 0) is 43.0 Å². The highest BCUT2D eigenvalue weighted by Gasteiger charge is 2.18. The maximum absolute atomic E-state index is 13.5. The fourth-order valence-corrected chi connectivity index (χ4v) is 2.69. The molecule has 0 aliphatic rings. The van der Waals surface area contributed by atoms with Gasteiger partial charge in [0.15, 0.2) is 0 Å². The number of anilines is 2. The van der Waals surface area contributed by atoms with E-state index in [-0.39, 0.29) is 22.5 Å². The molecule has 1 aromatic heterocycles. The predicted octanol–water partition coefficient (Wildman–Crippen LogP) is 3.55. The van der Waals surface area contributed by atoms with Crippen LogP contribution < -0.4 is 10.6 Å². The average molecular weight is 347 g/mol. The molecule has 126 valence electrons. The van der Waals surface area contributed by atoms with Crippen molar-refractivity contribution in [1.29, 1.82) is 0 Å². The lowest BCUT2D eigenvalue weighted by Crippen LogP contribution is -2.25. The number of carbonyl (C=O) groups is 2. The summed E-state index contributed by atoms with van der Waals surface area (Å²) in [7, 11) is 0. The average Bonchev–Trinajstić information content (AvgIpc) is 2.59. The number of hydrogen-bond acceptors (Lipinski definition) is 4. The Morgan fingerprint density at radius 2 is 2.00 bits per heavy atom. The van der Waals surface area contributed by atoms with Crippen molar-refractivity contribution in [2.75, 3.05) is 16.9 Å². The molecule has 0 aliphatic heterocycles. The van der Waals surface area contributed by atoms with Gasteiger partial charge in [0.2, 0.25) is 5.91 Å². The molecule has 2 N–H and O–H groups in total. The van der Waals surface area contributed by atoms with Crippen LogP contribution in [-0.4, -0.2) is 28.3 Å². The molecule has 0 saturated carbocycles. The number of amides is 2. The molecule has 2 aromatic rings. The Bertz CT molecular complexity index is 721. The first kappa shape index (κ1) is 17.9. The van der Waals surface area contributed by atoms with E-state index in [9.17, 15) is 14.0 Å². The Morgan fingerprint density at radius 1 is 1.21 bits per heavy atom. The topological polar surface area (TPSA) is 71.1 Å². The highest BCUT2D eigenvalue weighted by molar-refractivity contribution is 7.99. The molecule has 2 rings (SSSR count). The van der Waals surface area contributed by atoms with E-state index in [1.54, 1.807) is 18.2 Å². The number of pyridine rings is 1. The van der Waals surface area contributed by atoms with Gasteiger partial charge in [-0.25, -0.2) is 4.39 Å². The number of hydrogen-bond donors (Lipinski definition) is 2. The van der Waals surface area contributed by atoms with Crippen molar-refractivity contribution in [3.63, 3.8) is 0 Å². The molecule has 0 fully saturated rings. The third-order valence-corrected chi connectivity index (χ3v) is 4.45. The molecule has 24 heavy (non-hydrogen) atoms. The van der Waals surface area contributed by atoms with Crippen molar-refractivity contribution in [2.45, 2.75) is 18.6 Å². The van der Waals surface area contributed by atoms with Crippen LogP contribution in [0.4, 0.5) is 15.8 Å². The number of benzene rings is 1. The largest absolute Gasteiger partial charge is 0.323 e. The summed E-state index contributed by atoms with van der Waals surface area (Å²) < 4.78 is 13.5. The molecule has 0 radical (unpaired) electrons. The van der Waals surface area contributed by atoms with E-state index in [2.05, 4.69) is 15.6 Å². The maximum Gasteiger partial charge on any atom is 0.274 e. The van der Waals surface area contributed by atoms with Crippen LogP contribution in [0.5, 0.6) is 0 Å². The van der Waals surface area contributed by atoms with Crippen molar-refractivity contribution in [3.8, 4) is 0 Å². The van der Waals surface area contributed by atoms with Gasteiger partial charge in [-0.2, -0.15) is 11.8 Å². The molecule has 1 atom stereocenters. The fraction of sp³-hybridized carbons (Fsp3) is 0.235. The smallest absolute Gasteiger partial charge is 0.274 e. The third-order valence-electron chi connectivity index (χ3n) is 3.33. The van der Waals surface area contributed by atoms with Crippen molar-refractivity contribution < 1.29 is 14.0 Å². The molecule has 0 bridgehead atoms. The quantitative estimate of drug-likeness (QED) is 0.838. The van der Waals surface area contributed by atoms with E-state index >= 15 is 0 Å². The van der Waals surface area contributed by atoms with Crippen LogP contribution >= 0.6 is 11.8 Å². The van der Waals surface area contributed by atoms with E-state index in [1.165, 1.54) is 36.2 Å². The first-order valence-corrected chi connectivity index (χ1v) is 8.69. The van der Waals surface area contributed by atoms with Gasteiger partial charge in [0.25, 0.3) is 5.91 Å². The van der Waals surface area contributed by atoms with Crippen LogP contribution in [0.3, 0.4) is 0 Å². The predicted molar refractivity (Wildman–Crippen MR) is 94.8 cm³/mol. The second-order valence-corrected chi connectivity index (χ2v) is 6.02. The number of rotatable bonds is 6. The molecule has 1 aromatic carbocycles. The number of thioether (sulfide) groups is 1. The zero-order chi connectivity index (χ0) is 17.5. The molecule has 0 spiro atoms. The molecular formula is C17H18FN3O2S. The number of nitrogens with one attached hydrogen (secondary N) is 2. The molecule has 0 aliphatic carbocycles. The first-order chi connectivity index (χ1) is 11.5. The van der Waals surface area contributed by atoms with E-state index < -0.39 is 11.7 Å². The summed E-state index contributed by atoms with van der Waals surface area (Å²) in [5.41, 5.74) is 0.766. The normalized spacial score (nSPS) is 11.6. The minimum absolute atomic E-state index is 0.219. The summed E-state index contributed by atoms with van der Waals surface area (Å²) in [6, 6.07) is 8.77. The minimum atomic E-state index is -0.502. The van der Waals surface area contributed by atoms with Gasteiger partial charge in [0, 0.05) is 6.20 Å². The highest BCUT2D eigenvalue weighted by atomic mass is 32.2. The van der Waals surface area contributed by atoms with Crippen LogP contribution in [0.1, 0.15) is 23.8 Å². The molecule has 2 amide bonds. The number of aromatic nitrogens is 1. The van der Waals surface area contributed by atoms with Gasteiger partial charge in [-0.1, -0.05) is 13.0 Å². The van der Waals surface area contributed by atoms with Crippen molar-refractivity contribution in [3.05, 3.63) is 54.1 Å². The van der Waals surface area contributed by atoms with Gasteiger partial charge in [0.1, 0.15) is 11.5 Å². The van der Waals surface area contributed by atoms with Gasteiger partial charge >= 0.3 is 0 Å². The number of halogens is 1. The van der Waals surface area contributed by atoms with Crippen LogP contribution in [0, 0.1) is 5.82 Å². The lowest BCUT2D eigenvalue weighted by Gasteiger charge is -2.16. The lowest BCUT2D eigenvalue weighted by molar-refractivity contribution is -0.115. The lowest BCUT2D eigenvalue weighted by atomic mass is 10.2. The van der Waals surface area contributed by atoms with Crippen LogP contribution in [0.2, 0.25) is 0 Å². The zero-order valence-corrected chi connectivity index (χ0v) is 14.2. The molecule has 0 saturated heterocycles. The minimum Gasteiger partial charge on any atom is -0.323 e. The van der Waals surface area contributed by atoms with Crippen molar-refractivity contribution in [1.82, 2.24) is 4.98 Å². The van der Waals surface area contributed by atoms with E-state index in [0.717, 1.165) is 0 Å². The molecule has 0 unspecified atom stereocenters.